The summed E-state index contributed by atoms with van der Waals surface area (Å²) >= 11 is 0. The molecule has 0 bridgehead atoms. The van der Waals surface area contributed by atoms with Crippen LogP contribution in [0.5, 0.6) is 0 Å². The SMILES string of the molecule is Fc1ccc(C(CCCc2ccc(F)c(Nc3ccccc3)c2)C(F)(F)F)cc1. The van der Waals surface area contributed by atoms with Gasteiger partial charge in [-0.2, -0.15) is 13.2 Å². The van der Waals surface area contributed by atoms with Crippen LogP contribution in [0.25, 0.3) is 0 Å². The molecule has 3 rings (SSSR count). The Balaban J connectivity index is 1.67. The van der Waals surface area contributed by atoms with Gasteiger partial charge in [0.1, 0.15) is 11.6 Å². The first kappa shape index (κ1) is 20.8. The molecule has 1 atom stereocenters. The second kappa shape index (κ2) is 9.07. The molecular weight excluding hydrogens is 385 g/mol. The van der Waals surface area contributed by atoms with Gasteiger partial charge in [-0.05, 0) is 66.8 Å². The summed E-state index contributed by atoms with van der Waals surface area (Å²) in [5, 5.41) is 2.98. The van der Waals surface area contributed by atoms with E-state index in [9.17, 15) is 22.0 Å². The Kier molecular flexibility index (Phi) is 6.52. The lowest BCUT2D eigenvalue weighted by Gasteiger charge is -2.21. The molecule has 29 heavy (non-hydrogen) atoms. The van der Waals surface area contributed by atoms with Crippen molar-refractivity contribution in [1.29, 1.82) is 0 Å². The van der Waals surface area contributed by atoms with E-state index in [1.54, 1.807) is 24.3 Å². The van der Waals surface area contributed by atoms with Crippen LogP contribution in [0.15, 0.2) is 72.8 Å². The van der Waals surface area contributed by atoms with Gasteiger partial charge >= 0.3 is 6.18 Å². The van der Waals surface area contributed by atoms with Crippen LogP contribution in [0.3, 0.4) is 0 Å². The first-order chi connectivity index (χ1) is 13.8. The van der Waals surface area contributed by atoms with Gasteiger partial charge in [0.05, 0.1) is 11.6 Å². The van der Waals surface area contributed by atoms with Crippen molar-refractivity contribution in [2.75, 3.05) is 5.32 Å². The van der Waals surface area contributed by atoms with E-state index in [1.807, 2.05) is 18.2 Å². The zero-order chi connectivity index (χ0) is 20.9. The van der Waals surface area contributed by atoms with Crippen LogP contribution in [-0.2, 0) is 6.42 Å². The molecule has 3 aromatic carbocycles. The molecule has 152 valence electrons. The van der Waals surface area contributed by atoms with Crippen LogP contribution in [0.1, 0.15) is 29.9 Å². The maximum Gasteiger partial charge on any atom is 0.395 e. The van der Waals surface area contributed by atoms with Crippen molar-refractivity contribution in [3.05, 3.63) is 95.6 Å². The normalized spacial score (nSPS) is 12.6. The van der Waals surface area contributed by atoms with Gasteiger partial charge in [0, 0.05) is 5.69 Å². The lowest BCUT2D eigenvalue weighted by Crippen LogP contribution is -2.21. The van der Waals surface area contributed by atoms with E-state index in [-0.39, 0.29) is 24.1 Å². The first-order valence-electron chi connectivity index (χ1n) is 9.25. The molecule has 0 aliphatic heterocycles. The van der Waals surface area contributed by atoms with Gasteiger partial charge in [-0.1, -0.05) is 36.4 Å². The highest BCUT2D eigenvalue weighted by atomic mass is 19.4. The molecule has 0 heterocycles. The van der Waals surface area contributed by atoms with Crippen LogP contribution in [-0.4, -0.2) is 6.18 Å². The number of hydrogen-bond donors (Lipinski definition) is 1. The Hall–Kier alpha value is -2.89. The molecule has 0 fully saturated rings. The van der Waals surface area contributed by atoms with Crippen molar-refractivity contribution in [3.8, 4) is 0 Å². The van der Waals surface area contributed by atoms with Gasteiger partial charge in [0.25, 0.3) is 0 Å². The number of anilines is 2. The molecule has 0 aromatic heterocycles. The van der Waals surface area contributed by atoms with E-state index >= 15 is 0 Å². The Labute approximate surface area is 166 Å². The van der Waals surface area contributed by atoms with Crippen LogP contribution >= 0.6 is 0 Å². The topological polar surface area (TPSA) is 12.0 Å². The number of benzene rings is 3. The van der Waals surface area contributed by atoms with Crippen LogP contribution in [0.2, 0.25) is 0 Å². The number of nitrogens with one attached hydrogen (secondary N) is 1. The number of rotatable bonds is 7. The van der Waals surface area contributed by atoms with Crippen molar-refractivity contribution in [3.63, 3.8) is 0 Å². The molecule has 0 radical (unpaired) electrons. The molecule has 3 aromatic rings. The fourth-order valence-electron chi connectivity index (χ4n) is 3.23. The third-order valence-electron chi connectivity index (χ3n) is 4.71. The standard InChI is InChI=1S/C23H20F5N/c24-18-12-10-17(11-13-18)20(23(26,27)28)8-4-5-16-9-14-21(25)22(15-16)29-19-6-2-1-3-7-19/h1-3,6-7,9-15,20,29H,4-5,8H2. The average molecular weight is 405 g/mol. The van der Waals surface area contributed by atoms with Crippen LogP contribution < -0.4 is 5.32 Å². The van der Waals surface area contributed by atoms with E-state index in [0.717, 1.165) is 23.4 Å². The summed E-state index contributed by atoms with van der Waals surface area (Å²) in [6.07, 6.45) is -3.91. The van der Waals surface area contributed by atoms with Crippen molar-refractivity contribution in [1.82, 2.24) is 0 Å². The minimum atomic E-state index is -4.42. The van der Waals surface area contributed by atoms with E-state index in [0.29, 0.717) is 6.42 Å². The Morgan fingerprint density at radius 2 is 1.52 bits per heavy atom. The summed E-state index contributed by atoms with van der Waals surface area (Å²) in [6.45, 7) is 0. The lowest BCUT2D eigenvalue weighted by atomic mass is 9.92. The monoisotopic (exact) mass is 405 g/mol. The number of alkyl halides is 3. The summed E-state index contributed by atoms with van der Waals surface area (Å²) in [7, 11) is 0. The van der Waals surface area contributed by atoms with Gasteiger partial charge in [-0.15, -0.1) is 0 Å². The average Bonchev–Trinajstić information content (AvgIpc) is 2.68. The summed E-state index contributed by atoms with van der Waals surface area (Å²) in [6, 6.07) is 18.0. The predicted octanol–water partition coefficient (Wildman–Crippen LogP) is 7.38. The second-order valence-corrected chi connectivity index (χ2v) is 6.84. The van der Waals surface area contributed by atoms with Gasteiger partial charge in [-0.3, -0.25) is 0 Å². The van der Waals surface area contributed by atoms with Crippen molar-refractivity contribution >= 4 is 11.4 Å². The smallest absolute Gasteiger partial charge is 0.353 e. The number of aryl methyl sites for hydroxylation is 1. The first-order valence-corrected chi connectivity index (χ1v) is 9.25. The Morgan fingerprint density at radius 1 is 0.828 bits per heavy atom. The molecule has 6 heteroatoms. The van der Waals surface area contributed by atoms with Crippen molar-refractivity contribution < 1.29 is 22.0 Å². The zero-order valence-corrected chi connectivity index (χ0v) is 15.5. The molecule has 1 nitrogen and oxygen atoms in total. The van der Waals surface area contributed by atoms with Crippen molar-refractivity contribution in [2.24, 2.45) is 0 Å². The highest BCUT2D eigenvalue weighted by Crippen LogP contribution is 2.38. The predicted molar refractivity (Wildman–Crippen MR) is 104 cm³/mol. The van der Waals surface area contributed by atoms with Gasteiger partial charge < -0.3 is 5.32 Å². The van der Waals surface area contributed by atoms with E-state index < -0.39 is 23.7 Å². The molecule has 1 unspecified atom stereocenters. The third kappa shape index (κ3) is 5.79. The van der Waals surface area contributed by atoms with Gasteiger partial charge in [0.15, 0.2) is 0 Å². The largest absolute Gasteiger partial charge is 0.395 e. The number of halogens is 5. The molecule has 0 amide bonds. The minimum absolute atomic E-state index is 0.0458. The third-order valence-corrected chi connectivity index (χ3v) is 4.71. The summed E-state index contributed by atoms with van der Waals surface area (Å²) < 4.78 is 67.4. The molecule has 0 saturated carbocycles. The second-order valence-electron chi connectivity index (χ2n) is 6.84. The molecule has 0 spiro atoms. The number of hydrogen-bond acceptors (Lipinski definition) is 1. The fraction of sp³-hybridized carbons (Fsp3) is 0.217. The highest BCUT2D eigenvalue weighted by Gasteiger charge is 2.40. The molecular formula is C23H20F5N. The molecule has 0 aliphatic carbocycles. The minimum Gasteiger partial charge on any atom is -0.353 e. The fourth-order valence-corrected chi connectivity index (χ4v) is 3.23. The van der Waals surface area contributed by atoms with Gasteiger partial charge in [0.2, 0.25) is 0 Å². The maximum absolute atomic E-state index is 14.1. The van der Waals surface area contributed by atoms with Crippen LogP contribution in [0, 0.1) is 11.6 Å². The van der Waals surface area contributed by atoms with E-state index in [1.165, 1.54) is 18.2 Å². The summed E-state index contributed by atoms with van der Waals surface area (Å²) in [5.74, 6) is -2.66. The highest BCUT2D eigenvalue weighted by molar-refractivity contribution is 5.60. The van der Waals surface area contributed by atoms with E-state index in [4.69, 9.17) is 0 Å². The Morgan fingerprint density at radius 3 is 2.17 bits per heavy atom. The lowest BCUT2D eigenvalue weighted by molar-refractivity contribution is -0.152. The Bertz CT molecular complexity index is 920. The quantitative estimate of drug-likeness (QED) is 0.405. The van der Waals surface area contributed by atoms with Crippen LogP contribution in [0.4, 0.5) is 33.3 Å². The molecule has 0 aliphatic rings. The van der Waals surface area contributed by atoms with E-state index in [2.05, 4.69) is 5.32 Å². The van der Waals surface area contributed by atoms with Crippen molar-refractivity contribution in [2.45, 2.75) is 31.4 Å². The number of para-hydroxylation sites is 1. The molecule has 0 saturated heterocycles. The summed E-state index contributed by atoms with van der Waals surface area (Å²) in [4.78, 5) is 0. The molecule has 1 N–H and O–H groups in total. The maximum atomic E-state index is 14.1. The zero-order valence-electron chi connectivity index (χ0n) is 15.5. The summed E-state index contributed by atoms with van der Waals surface area (Å²) in [5.41, 5.74) is 1.78. The van der Waals surface area contributed by atoms with Gasteiger partial charge in [-0.25, -0.2) is 8.78 Å².